The minimum Gasteiger partial charge on any atom is -0.344 e. The molecular formula is C14H16N2O2. The van der Waals surface area contributed by atoms with Crippen LogP contribution >= 0.6 is 0 Å². The maximum atomic E-state index is 11.9. The topological polar surface area (TPSA) is 49.4 Å². The highest BCUT2D eigenvalue weighted by Gasteiger charge is 2.24. The van der Waals surface area contributed by atoms with Gasteiger partial charge < -0.3 is 10.2 Å². The standard InChI is InChI=1S/C14H16N2O2/c1-2-8-15-13(17)14(18)16-9-7-11-5-3-4-6-12(11)10-16/h2-6H,1,7-10H2,(H,15,17). The van der Waals surface area contributed by atoms with Crippen LogP contribution in [0.5, 0.6) is 0 Å². The zero-order chi connectivity index (χ0) is 13.0. The largest absolute Gasteiger partial charge is 0.344 e. The van der Waals surface area contributed by atoms with E-state index in [2.05, 4.69) is 18.0 Å². The molecular weight excluding hydrogens is 228 g/mol. The van der Waals surface area contributed by atoms with Crippen LogP contribution < -0.4 is 5.32 Å². The van der Waals surface area contributed by atoms with Crippen LogP contribution in [0.25, 0.3) is 0 Å². The first-order chi connectivity index (χ1) is 8.72. The molecule has 0 spiro atoms. The molecule has 0 bridgehead atoms. The van der Waals surface area contributed by atoms with E-state index >= 15 is 0 Å². The van der Waals surface area contributed by atoms with Crippen molar-refractivity contribution in [1.82, 2.24) is 10.2 Å². The summed E-state index contributed by atoms with van der Waals surface area (Å²) in [6.45, 7) is 4.91. The number of benzene rings is 1. The van der Waals surface area contributed by atoms with Gasteiger partial charge >= 0.3 is 11.8 Å². The molecule has 4 nitrogen and oxygen atoms in total. The quantitative estimate of drug-likeness (QED) is 0.620. The van der Waals surface area contributed by atoms with Crippen molar-refractivity contribution in [3.63, 3.8) is 0 Å². The van der Waals surface area contributed by atoms with Crippen molar-refractivity contribution in [3.8, 4) is 0 Å². The fraction of sp³-hybridized carbons (Fsp3) is 0.286. The number of rotatable bonds is 2. The third-order valence-corrected chi connectivity index (χ3v) is 3.02. The van der Waals surface area contributed by atoms with Crippen molar-refractivity contribution in [3.05, 3.63) is 48.0 Å². The molecule has 1 N–H and O–H groups in total. The van der Waals surface area contributed by atoms with Crippen LogP contribution in [0.3, 0.4) is 0 Å². The number of nitrogens with one attached hydrogen (secondary N) is 1. The highest BCUT2D eigenvalue weighted by Crippen LogP contribution is 2.18. The van der Waals surface area contributed by atoms with E-state index in [-0.39, 0.29) is 0 Å². The Morgan fingerprint density at radius 3 is 2.78 bits per heavy atom. The highest BCUT2D eigenvalue weighted by molar-refractivity contribution is 6.35. The second kappa shape index (κ2) is 5.49. The van der Waals surface area contributed by atoms with Gasteiger partial charge in [-0.15, -0.1) is 6.58 Å². The number of amides is 2. The fourth-order valence-corrected chi connectivity index (χ4v) is 2.05. The Morgan fingerprint density at radius 1 is 1.33 bits per heavy atom. The number of fused-ring (bicyclic) bond motifs is 1. The van der Waals surface area contributed by atoms with Gasteiger partial charge in [-0.25, -0.2) is 0 Å². The molecule has 2 amide bonds. The average molecular weight is 244 g/mol. The lowest BCUT2D eigenvalue weighted by atomic mass is 10.00. The average Bonchev–Trinajstić information content (AvgIpc) is 2.43. The van der Waals surface area contributed by atoms with Crippen molar-refractivity contribution in [2.45, 2.75) is 13.0 Å². The SMILES string of the molecule is C=CCNC(=O)C(=O)N1CCc2ccccc2C1. The Labute approximate surface area is 106 Å². The summed E-state index contributed by atoms with van der Waals surface area (Å²) in [6, 6.07) is 8.00. The molecule has 1 heterocycles. The summed E-state index contributed by atoms with van der Waals surface area (Å²) in [7, 11) is 0. The lowest BCUT2D eigenvalue weighted by molar-refractivity contribution is -0.146. The minimum atomic E-state index is -0.561. The molecule has 1 aliphatic heterocycles. The molecule has 0 aliphatic carbocycles. The van der Waals surface area contributed by atoms with Gasteiger partial charge in [0.15, 0.2) is 0 Å². The number of carbonyl (C=O) groups is 2. The number of hydrogen-bond donors (Lipinski definition) is 1. The molecule has 0 saturated carbocycles. The molecule has 0 fully saturated rings. The van der Waals surface area contributed by atoms with E-state index < -0.39 is 11.8 Å². The van der Waals surface area contributed by atoms with E-state index in [0.717, 1.165) is 12.0 Å². The van der Waals surface area contributed by atoms with Gasteiger partial charge in [0.1, 0.15) is 0 Å². The third-order valence-electron chi connectivity index (χ3n) is 3.02. The number of carbonyl (C=O) groups excluding carboxylic acids is 2. The second-order valence-corrected chi connectivity index (χ2v) is 4.24. The Hall–Kier alpha value is -2.10. The van der Waals surface area contributed by atoms with Gasteiger partial charge in [-0.3, -0.25) is 9.59 Å². The van der Waals surface area contributed by atoms with E-state index in [1.165, 1.54) is 5.56 Å². The predicted octanol–water partition coefficient (Wildman–Crippen LogP) is 0.873. The van der Waals surface area contributed by atoms with Crippen molar-refractivity contribution < 1.29 is 9.59 Å². The van der Waals surface area contributed by atoms with Crippen LogP contribution in [0, 0.1) is 0 Å². The molecule has 4 heteroatoms. The number of hydrogen-bond acceptors (Lipinski definition) is 2. The summed E-state index contributed by atoms with van der Waals surface area (Å²) in [5.74, 6) is -1.03. The maximum absolute atomic E-state index is 11.9. The Balaban J connectivity index is 2.02. The first-order valence-corrected chi connectivity index (χ1v) is 5.97. The van der Waals surface area contributed by atoms with Crippen LogP contribution in [0.15, 0.2) is 36.9 Å². The van der Waals surface area contributed by atoms with Crippen molar-refractivity contribution in [2.75, 3.05) is 13.1 Å². The smallest absolute Gasteiger partial charge is 0.312 e. The van der Waals surface area contributed by atoms with Gasteiger partial charge in [-0.1, -0.05) is 30.3 Å². The van der Waals surface area contributed by atoms with Gasteiger partial charge in [0, 0.05) is 19.6 Å². The Morgan fingerprint density at radius 2 is 2.06 bits per heavy atom. The van der Waals surface area contributed by atoms with Gasteiger partial charge in [0.2, 0.25) is 0 Å². The molecule has 18 heavy (non-hydrogen) atoms. The van der Waals surface area contributed by atoms with Gasteiger partial charge in [-0.2, -0.15) is 0 Å². The molecule has 94 valence electrons. The van der Waals surface area contributed by atoms with Crippen molar-refractivity contribution in [1.29, 1.82) is 0 Å². The Bertz CT molecular complexity index is 482. The summed E-state index contributed by atoms with van der Waals surface area (Å²) in [5.41, 5.74) is 2.38. The highest BCUT2D eigenvalue weighted by atomic mass is 16.2. The first kappa shape index (κ1) is 12.4. The van der Waals surface area contributed by atoms with Crippen LogP contribution in [0.4, 0.5) is 0 Å². The van der Waals surface area contributed by atoms with E-state index in [1.807, 2.05) is 18.2 Å². The van der Waals surface area contributed by atoms with Crippen molar-refractivity contribution >= 4 is 11.8 Å². The molecule has 0 radical (unpaired) electrons. The molecule has 0 aromatic heterocycles. The summed E-state index contributed by atoms with van der Waals surface area (Å²) in [4.78, 5) is 25.0. The zero-order valence-electron chi connectivity index (χ0n) is 10.2. The summed E-state index contributed by atoms with van der Waals surface area (Å²) in [6.07, 6.45) is 2.35. The maximum Gasteiger partial charge on any atom is 0.312 e. The predicted molar refractivity (Wildman–Crippen MR) is 68.8 cm³/mol. The lowest BCUT2D eigenvalue weighted by Gasteiger charge is -2.28. The van der Waals surface area contributed by atoms with Crippen LogP contribution in [-0.2, 0) is 22.6 Å². The molecule has 0 atom stereocenters. The third kappa shape index (κ3) is 2.59. The second-order valence-electron chi connectivity index (χ2n) is 4.24. The van der Waals surface area contributed by atoms with Gasteiger partial charge in [-0.05, 0) is 17.5 Å². The molecule has 0 saturated heterocycles. The van der Waals surface area contributed by atoms with E-state index in [1.54, 1.807) is 11.0 Å². The van der Waals surface area contributed by atoms with E-state index in [9.17, 15) is 9.59 Å². The van der Waals surface area contributed by atoms with Gasteiger partial charge in [0.25, 0.3) is 0 Å². The molecule has 1 aromatic rings. The summed E-state index contributed by atoms with van der Waals surface area (Å²) in [5, 5.41) is 2.51. The molecule has 1 aliphatic rings. The van der Waals surface area contributed by atoms with Crippen molar-refractivity contribution in [2.24, 2.45) is 0 Å². The fourth-order valence-electron chi connectivity index (χ4n) is 2.05. The van der Waals surface area contributed by atoms with Crippen LogP contribution in [-0.4, -0.2) is 29.8 Å². The van der Waals surface area contributed by atoms with Crippen LogP contribution in [0.2, 0.25) is 0 Å². The van der Waals surface area contributed by atoms with Gasteiger partial charge in [0.05, 0.1) is 0 Å². The van der Waals surface area contributed by atoms with E-state index in [4.69, 9.17) is 0 Å². The van der Waals surface area contributed by atoms with Crippen LogP contribution in [0.1, 0.15) is 11.1 Å². The molecule has 2 rings (SSSR count). The van der Waals surface area contributed by atoms with E-state index in [0.29, 0.717) is 19.6 Å². The Kier molecular flexibility index (Phi) is 3.77. The number of nitrogens with zero attached hydrogens (tertiary/aromatic N) is 1. The monoisotopic (exact) mass is 244 g/mol. The lowest BCUT2D eigenvalue weighted by Crippen LogP contribution is -2.45. The first-order valence-electron chi connectivity index (χ1n) is 5.97. The zero-order valence-corrected chi connectivity index (χ0v) is 10.2. The molecule has 1 aromatic carbocycles. The normalized spacial score (nSPS) is 13.7. The summed E-state index contributed by atoms with van der Waals surface area (Å²) < 4.78 is 0. The minimum absolute atomic E-state index is 0.314. The summed E-state index contributed by atoms with van der Waals surface area (Å²) >= 11 is 0. The molecule has 0 unspecified atom stereocenters.